The fourth-order valence-corrected chi connectivity index (χ4v) is 3.31. The molecule has 0 atom stereocenters. The lowest BCUT2D eigenvalue weighted by molar-refractivity contribution is -0.115. The fourth-order valence-electron chi connectivity index (χ4n) is 3.31. The number of aromatic nitrogens is 3. The van der Waals surface area contributed by atoms with Crippen LogP contribution >= 0.6 is 0 Å². The number of likely N-dealkylation sites (N-methyl/N-ethyl adjacent to an activating group) is 1. The number of carbonyl (C=O) groups excluding carboxylic acids is 1. The van der Waals surface area contributed by atoms with Gasteiger partial charge in [0.25, 0.3) is 5.91 Å². The molecule has 1 amide bonds. The number of fused-ring (bicyclic) bond motifs is 1. The molecule has 5 heteroatoms. The molecule has 0 bridgehead atoms. The van der Waals surface area contributed by atoms with Crippen molar-refractivity contribution in [1.82, 2.24) is 20.1 Å². The highest BCUT2D eigenvalue weighted by Crippen LogP contribution is 2.26. The van der Waals surface area contributed by atoms with Crippen LogP contribution in [0.2, 0.25) is 0 Å². The summed E-state index contributed by atoms with van der Waals surface area (Å²) in [5.41, 5.74) is 2.33. The first-order valence-electron chi connectivity index (χ1n) is 9.08. The molecule has 4 rings (SSSR count). The molecule has 138 valence electrons. The second-order valence-corrected chi connectivity index (χ2v) is 6.45. The molecule has 0 aliphatic rings. The highest BCUT2D eigenvalue weighted by atomic mass is 16.2. The van der Waals surface area contributed by atoms with E-state index in [0.717, 1.165) is 21.9 Å². The zero-order valence-corrected chi connectivity index (χ0v) is 15.8. The third-order valence-corrected chi connectivity index (χ3v) is 4.67. The maximum absolute atomic E-state index is 12.8. The molecule has 5 nitrogen and oxygen atoms in total. The van der Waals surface area contributed by atoms with E-state index in [1.54, 1.807) is 11.6 Å². The Balaban J connectivity index is 1.95. The second kappa shape index (κ2) is 7.48. The molecule has 0 aliphatic heterocycles. The van der Waals surface area contributed by atoms with Crippen LogP contribution in [0.4, 0.5) is 0 Å². The molecular weight excluding hydrogens is 348 g/mol. The Bertz CT molecular complexity index is 1170. The van der Waals surface area contributed by atoms with E-state index in [0.29, 0.717) is 17.3 Å². The molecule has 1 N–H and O–H groups in total. The van der Waals surface area contributed by atoms with Crippen molar-refractivity contribution in [3.8, 4) is 11.4 Å². The first-order valence-corrected chi connectivity index (χ1v) is 9.08. The normalized spacial score (nSPS) is 11.6. The smallest absolute Gasteiger partial charge is 0.268 e. The van der Waals surface area contributed by atoms with Crippen LogP contribution in [0.3, 0.4) is 0 Å². The third-order valence-electron chi connectivity index (χ3n) is 4.67. The number of amides is 1. The molecule has 0 spiro atoms. The summed E-state index contributed by atoms with van der Waals surface area (Å²) in [5.74, 6) is 1.08. The van der Waals surface area contributed by atoms with Gasteiger partial charge in [0.05, 0.1) is 0 Å². The Morgan fingerprint density at radius 3 is 2.43 bits per heavy atom. The Kier molecular flexibility index (Phi) is 4.72. The first kappa shape index (κ1) is 17.7. The van der Waals surface area contributed by atoms with E-state index in [2.05, 4.69) is 33.7 Å². The maximum atomic E-state index is 12.8. The van der Waals surface area contributed by atoms with Crippen molar-refractivity contribution in [3.05, 3.63) is 84.2 Å². The molecule has 0 radical (unpaired) electrons. The summed E-state index contributed by atoms with van der Waals surface area (Å²) in [6, 6.07) is 23.9. The molecule has 3 aromatic carbocycles. The van der Waals surface area contributed by atoms with Gasteiger partial charge < -0.3 is 5.32 Å². The number of hydrogen-bond acceptors (Lipinski definition) is 3. The molecule has 4 aromatic rings. The first-order chi connectivity index (χ1) is 13.7. The van der Waals surface area contributed by atoms with Gasteiger partial charge >= 0.3 is 0 Å². The van der Waals surface area contributed by atoms with Gasteiger partial charge in [-0.25, -0.2) is 0 Å². The van der Waals surface area contributed by atoms with Gasteiger partial charge in [-0.15, -0.1) is 10.2 Å². The molecule has 0 fully saturated rings. The molecule has 0 aliphatic carbocycles. The van der Waals surface area contributed by atoms with E-state index < -0.39 is 0 Å². The van der Waals surface area contributed by atoms with Gasteiger partial charge in [0.15, 0.2) is 5.82 Å². The number of nitrogens with one attached hydrogen (secondary N) is 1. The lowest BCUT2D eigenvalue weighted by Gasteiger charge is -2.13. The highest BCUT2D eigenvalue weighted by molar-refractivity contribution is 6.20. The Morgan fingerprint density at radius 2 is 1.64 bits per heavy atom. The largest absolute Gasteiger partial charge is 0.354 e. The van der Waals surface area contributed by atoms with Gasteiger partial charge in [-0.3, -0.25) is 9.36 Å². The summed E-state index contributed by atoms with van der Waals surface area (Å²) in [4.78, 5) is 12.8. The topological polar surface area (TPSA) is 59.8 Å². The summed E-state index contributed by atoms with van der Waals surface area (Å²) in [6.45, 7) is 1.85. The van der Waals surface area contributed by atoms with Gasteiger partial charge in [0, 0.05) is 12.6 Å². The molecule has 0 saturated heterocycles. The SMILES string of the molecule is CNC(=O)C(=Cc1cccc2ccccc12)n1c(C)nnc1-c1ccccc1. The van der Waals surface area contributed by atoms with Gasteiger partial charge in [-0.05, 0) is 29.3 Å². The van der Waals surface area contributed by atoms with Crippen LogP contribution in [0.15, 0.2) is 72.8 Å². The molecular formula is C23H20N4O. The fraction of sp³-hybridized carbons (Fsp3) is 0.0870. The highest BCUT2D eigenvalue weighted by Gasteiger charge is 2.19. The summed E-state index contributed by atoms with van der Waals surface area (Å²) < 4.78 is 1.80. The molecule has 0 saturated carbocycles. The van der Waals surface area contributed by atoms with Crippen LogP contribution in [-0.2, 0) is 4.79 Å². The minimum absolute atomic E-state index is 0.201. The molecule has 1 aromatic heterocycles. The van der Waals surface area contributed by atoms with Crippen LogP contribution < -0.4 is 5.32 Å². The number of rotatable bonds is 4. The predicted molar refractivity (Wildman–Crippen MR) is 112 cm³/mol. The third kappa shape index (κ3) is 3.18. The molecule has 1 heterocycles. The summed E-state index contributed by atoms with van der Waals surface area (Å²) >= 11 is 0. The van der Waals surface area contributed by atoms with Crippen molar-refractivity contribution in [2.75, 3.05) is 7.05 Å². The van der Waals surface area contributed by atoms with Crippen LogP contribution in [-0.4, -0.2) is 27.7 Å². The zero-order valence-electron chi connectivity index (χ0n) is 15.8. The van der Waals surface area contributed by atoms with Crippen molar-refractivity contribution in [1.29, 1.82) is 0 Å². The molecule has 0 unspecified atom stereocenters. The monoisotopic (exact) mass is 368 g/mol. The van der Waals surface area contributed by atoms with Crippen LogP contribution in [0.1, 0.15) is 11.4 Å². The quantitative estimate of drug-likeness (QED) is 0.551. The van der Waals surface area contributed by atoms with E-state index in [1.807, 2.05) is 67.6 Å². The number of aryl methyl sites for hydroxylation is 1. The van der Waals surface area contributed by atoms with Gasteiger partial charge in [-0.1, -0.05) is 72.8 Å². The zero-order chi connectivity index (χ0) is 19.5. The average molecular weight is 368 g/mol. The van der Waals surface area contributed by atoms with Gasteiger partial charge in [0.2, 0.25) is 0 Å². The Hall–Kier alpha value is -3.73. The van der Waals surface area contributed by atoms with Crippen molar-refractivity contribution in [2.24, 2.45) is 0 Å². The summed E-state index contributed by atoms with van der Waals surface area (Å²) in [5, 5.41) is 13.5. The van der Waals surface area contributed by atoms with Crippen LogP contribution in [0, 0.1) is 6.92 Å². The lowest BCUT2D eigenvalue weighted by Crippen LogP contribution is -2.23. The second-order valence-electron chi connectivity index (χ2n) is 6.45. The van der Waals surface area contributed by atoms with E-state index in [-0.39, 0.29) is 5.91 Å². The average Bonchev–Trinajstić information content (AvgIpc) is 3.13. The van der Waals surface area contributed by atoms with E-state index in [4.69, 9.17) is 0 Å². The minimum atomic E-state index is -0.201. The maximum Gasteiger partial charge on any atom is 0.268 e. The lowest BCUT2D eigenvalue weighted by atomic mass is 10.0. The van der Waals surface area contributed by atoms with E-state index >= 15 is 0 Å². The summed E-state index contributed by atoms with van der Waals surface area (Å²) in [7, 11) is 1.63. The van der Waals surface area contributed by atoms with Crippen LogP contribution in [0.25, 0.3) is 33.9 Å². The Morgan fingerprint density at radius 1 is 0.929 bits per heavy atom. The molecule has 28 heavy (non-hydrogen) atoms. The van der Waals surface area contributed by atoms with Crippen molar-refractivity contribution < 1.29 is 4.79 Å². The van der Waals surface area contributed by atoms with E-state index in [1.165, 1.54) is 0 Å². The van der Waals surface area contributed by atoms with E-state index in [9.17, 15) is 4.79 Å². The van der Waals surface area contributed by atoms with Gasteiger partial charge in [-0.2, -0.15) is 0 Å². The van der Waals surface area contributed by atoms with Crippen molar-refractivity contribution in [2.45, 2.75) is 6.92 Å². The van der Waals surface area contributed by atoms with Gasteiger partial charge in [0.1, 0.15) is 11.5 Å². The van der Waals surface area contributed by atoms with Crippen molar-refractivity contribution >= 4 is 28.5 Å². The summed E-state index contributed by atoms with van der Waals surface area (Å²) in [6.07, 6.45) is 1.89. The minimum Gasteiger partial charge on any atom is -0.354 e. The number of nitrogens with zero attached hydrogens (tertiary/aromatic N) is 3. The number of carbonyl (C=O) groups is 1. The van der Waals surface area contributed by atoms with Crippen LogP contribution in [0.5, 0.6) is 0 Å². The predicted octanol–water partition coefficient (Wildman–Crippen LogP) is 4.15. The number of benzene rings is 3. The van der Waals surface area contributed by atoms with Crippen molar-refractivity contribution in [3.63, 3.8) is 0 Å². The number of hydrogen-bond donors (Lipinski definition) is 1. The Labute approximate surface area is 163 Å². The standard InChI is InChI=1S/C23H20N4O/c1-16-25-26-22(18-10-4-3-5-11-18)27(16)21(23(28)24-2)15-19-13-8-12-17-9-6-7-14-20(17)19/h3-15H,1-2H3,(H,24,28).